The van der Waals surface area contributed by atoms with E-state index in [0.717, 1.165) is 30.6 Å². The summed E-state index contributed by atoms with van der Waals surface area (Å²) >= 11 is 0. The molecule has 8 heteroatoms. The van der Waals surface area contributed by atoms with Crippen molar-refractivity contribution in [3.05, 3.63) is 66.6 Å². The first kappa shape index (κ1) is 20.6. The second kappa shape index (κ2) is 8.57. The van der Waals surface area contributed by atoms with E-state index < -0.39 is 21.9 Å². The van der Waals surface area contributed by atoms with E-state index in [-0.39, 0.29) is 17.3 Å². The van der Waals surface area contributed by atoms with Crippen LogP contribution in [0.2, 0.25) is 0 Å². The van der Waals surface area contributed by atoms with Crippen molar-refractivity contribution < 1.29 is 17.6 Å². The fraction of sp³-hybridized carbons (Fsp3) is 0.318. The number of aromatic nitrogens is 1. The van der Waals surface area contributed by atoms with Crippen LogP contribution in [-0.2, 0) is 21.4 Å². The van der Waals surface area contributed by atoms with Crippen molar-refractivity contribution in [2.24, 2.45) is 0 Å². The Balaban J connectivity index is 1.35. The zero-order valence-electron chi connectivity index (χ0n) is 16.5. The van der Waals surface area contributed by atoms with Crippen LogP contribution < -0.4 is 5.32 Å². The van der Waals surface area contributed by atoms with Gasteiger partial charge in [0.2, 0.25) is 15.9 Å². The molecule has 1 aliphatic heterocycles. The van der Waals surface area contributed by atoms with E-state index in [1.54, 1.807) is 0 Å². The molecule has 2 heterocycles. The Kier molecular flexibility index (Phi) is 5.87. The van der Waals surface area contributed by atoms with Gasteiger partial charge in [0, 0.05) is 31.3 Å². The average Bonchev–Trinajstić information content (AvgIpc) is 3.39. The number of hydrogen-bond donors (Lipinski definition) is 1. The molecule has 1 aliphatic rings. The predicted molar refractivity (Wildman–Crippen MR) is 113 cm³/mol. The largest absolute Gasteiger partial charge is 0.355 e. The van der Waals surface area contributed by atoms with Crippen molar-refractivity contribution in [2.45, 2.75) is 36.7 Å². The van der Waals surface area contributed by atoms with Gasteiger partial charge in [-0.15, -0.1) is 0 Å². The quantitative estimate of drug-likeness (QED) is 0.587. The van der Waals surface area contributed by atoms with E-state index in [1.165, 1.54) is 21.8 Å². The van der Waals surface area contributed by atoms with Crippen molar-refractivity contribution in [3.63, 3.8) is 0 Å². The van der Waals surface area contributed by atoms with Gasteiger partial charge < -0.3 is 9.88 Å². The lowest BCUT2D eigenvalue weighted by Gasteiger charge is -2.23. The summed E-state index contributed by atoms with van der Waals surface area (Å²) in [5.74, 6) is -0.782. The maximum Gasteiger partial charge on any atom is 0.243 e. The van der Waals surface area contributed by atoms with Gasteiger partial charge in [-0.2, -0.15) is 4.31 Å². The van der Waals surface area contributed by atoms with Gasteiger partial charge >= 0.3 is 0 Å². The number of nitrogens with one attached hydrogen (secondary N) is 1. The molecule has 1 atom stereocenters. The lowest BCUT2D eigenvalue weighted by molar-refractivity contribution is -0.124. The Morgan fingerprint density at radius 2 is 1.87 bits per heavy atom. The third-order valence-corrected chi connectivity index (χ3v) is 7.40. The van der Waals surface area contributed by atoms with Crippen molar-refractivity contribution in [1.29, 1.82) is 0 Å². The lowest BCUT2D eigenvalue weighted by Crippen LogP contribution is -2.46. The van der Waals surface area contributed by atoms with Crippen LogP contribution in [0, 0.1) is 5.82 Å². The molecule has 0 saturated carbocycles. The number of nitrogens with zero attached hydrogens (tertiary/aromatic N) is 2. The highest BCUT2D eigenvalue weighted by molar-refractivity contribution is 7.89. The summed E-state index contributed by atoms with van der Waals surface area (Å²) < 4.78 is 42.3. The molecule has 3 aromatic rings. The second-order valence-corrected chi connectivity index (χ2v) is 9.33. The molecule has 1 N–H and O–H groups in total. The van der Waals surface area contributed by atoms with Crippen LogP contribution in [0.1, 0.15) is 19.3 Å². The van der Waals surface area contributed by atoms with Crippen LogP contribution in [0.4, 0.5) is 4.39 Å². The minimum absolute atomic E-state index is 0.00286. The predicted octanol–water partition coefficient (Wildman–Crippen LogP) is 3.14. The molecule has 2 aromatic carbocycles. The van der Waals surface area contributed by atoms with Gasteiger partial charge in [-0.05, 0) is 61.0 Å². The number of rotatable bonds is 7. The molecule has 4 rings (SSSR count). The van der Waals surface area contributed by atoms with Crippen LogP contribution in [0.5, 0.6) is 0 Å². The molecular formula is C22H24FN3O3S. The van der Waals surface area contributed by atoms with E-state index in [0.29, 0.717) is 19.4 Å². The highest BCUT2D eigenvalue weighted by atomic mass is 32.2. The molecule has 1 aromatic heterocycles. The van der Waals surface area contributed by atoms with Crippen LogP contribution in [0.25, 0.3) is 10.9 Å². The molecule has 0 unspecified atom stereocenters. The standard InChI is InChI=1S/C22H24FN3O3S/c23-18-8-10-19(11-9-18)30(28,29)26-15-3-7-21(26)22(27)24-13-4-14-25-16-12-17-5-1-2-6-20(17)25/h1-2,5-6,8-12,16,21H,3-4,7,13-15H2,(H,24,27)/t21-/m1/s1. The maximum atomic E-state index is 13.1. The molecule has 30 heavy (non-hydrogen) atoms. The molecule has 1 fully saturated rings. The van der Waals surface area contributed by atoms with Crippen LogP contribution in [0.15, 0.2) is 65.7 Å². The molecule has 0 bridgehead atoms. The minimum Gasteiger partial charge on any atom is -0.355 e. The number of aryl methyl sites for hydroxylation is 1. The van der Waals surface area contributed by atoms with Crippen LogP contribution in [0.3, 0.4) is 0 Å². The summed E-state index contributed by atoms with van der Waals surface area (Å²) in [6.45, 7) is 1.51. The third-order valence-electron chi connectivity index (χ3n) is 5.48. The number of amides is 1. The number of halogens is 1. The van der Waals surface area contributed by atoms with Crippen molar-refractivity contribution >= 4 is 26.8 Å². The Morgan fingerprint density at radius 1 is 1.10 bits per heavy atom. The summed E-state index contributed by atoms with van der Waals surface area (Å²) in [4.78, 5) is 12.7. The van der Waals surface area contributed by atoms with Gasteiger partial charge in [0.1, 0.15) is 11.9 Å². The summed E-state index contributed by atoms with van der Waals surface area (Å²) in [6, 6.07) is 14.1. The van der Waals surface area contributed by atoms with Crippen LogP contribution >= 0.6 is 0 Å². The monoisotopic (exact) mass is 429 g/mol. The molecule has 0 spiro atoms. The molecule has 1 saturated heterocycles. The minimum atomic E-state index is -3.84. The number of hydrogen-bond acceptors (Lipinski definition) is 3. The Hall–Kier alpha value is -2.71. The second-order valence-electron chi connectivity index (χ2n) is 7.44. The van der Waals surface area contributed by atoms with Gasteiger partial charge in [-0.25, -0.2) is 12.8 Å². The fourth-order valence-corrected chi connectivity index (χ4v) is 5.60. The van der Waals surface area contributed by atoms with E-state index in [9.17, 15) is 17.6 Å². The zero-order chi connectivity index (χ0) is 21.1. The van der Waals surface area contributed by atoms with Crippen molar-refractivity contribution in [2.75, 3.05) is 13.1 Å². The van der Waals surface area contributed by atoms with E-state index in [1.807, 2.05) is 18.3 Å². The zero-order valence-corrected chi connectivity index (χ0v) is 17.3. The molecular weight excluding hydrogens is 405 g/mol. The van der Waals surface area contributed by atoms with Crippen LogP contribution in [-0.4, -0.2) is 42.3 Å². The van der Waals surface area contributed by atoms with E-state index in [2.05, 4.69) is 28.1 Å². The molecule has 0 radical (unpaired) electrons. The topological polar surface area (TPSA) is 71.4 Å². The highest BCUT2D eigenvalue weighted by Crippen LogP contribution is 2.26. The van der Waals surface area contributed by atoms with Gasteiger partial charge in [-0.1, -0.05) is 18.2 Å². The summed E-state index contributed by atoms with van der Waals surface area (Å²) in [6.07, 6.45) is 3.87. The van der Waals surface area contributed by atoms with E-state index in [4.69, 9.17) is 0 Å². The number of benzene rings is 2. The lowest BCUT2D eigenvalue weighted by atomic mass is 10.2. The molecule has 1 amide bonds. The normalized spacial score (nSPS) is 17.4. The average molecular weight is 430 g/mol. The first-order chi connectivity index (χ1) is 14.5. The van der Waals surface area contributed by atoms with Gasteiger partial charge in [0.25, 0.3) is 0 Å². The van der Waals surface area contributed by atoms with Gasteiger partial charge in [-0.3, -0.25) is 4.79 Å². The number of para-hydroxylation sites is 1. The maximum absolute atomic E-state index is 13.1. The highest BCUT2D eigenvalue weighted by Gasteiger charge is 2.39. The first-order valence-electron chi connectivity index (χ1n) is 10.1. The molecule has 6 nitrogen and oxygen atoms in total. The van der Waals surface area contributed by atoms with Gasteiger partial charge in [0.05, 0.1) is 4.90 Å². The summed E-state index contributed by atoms with van der Waals surface area (Å²) in [5, 5.41) is 4.05. The molecule has 158 valence electrons. The number of carbonyl (C=O) groups is 1. The Morgan fingerprint density at radius 3 is 2.67 bits per heavy atom. The van der Waals surface area contributed by atoms with E-state index >= 15 is 0 Å². The third kappa shape index (κ3) is 4.11. The van der Waals surface area contributed by atoms with Crippen molar-refractivity contribution in [1.82, 2.24) is 14.2 Å². The first-order valence-corrected chi connectivity index (χ1v) is 11.5. The fourth-order valence-electron chi connectivity index (χ4n) is 3.95. The summed E-state index contributed by atoms with van der Waals surface area (Å²) in [7, 11) is -3.84. The number of fused-ring (bicyclic) bond motifs is 1. The Bertz CT molecular complexity index is 1140. The number of carbonyl (C=O) groups excluding carboxylic acids is 1. The summed E-state index contributed by atoms with van der Waals surface area (Å²) in [5.41, 5.74) is 1.15. The van der Waals surface area contributed by atoms with Gasteiger partial charge in [0.15, 0.2) is 0 Å². The number of sulfonamides is 1. The SMILES string of the molecule is O=C(NCCCn1ccc2ccccc21)[C@H]1CCCN1S(=O)(=O)c1ccc(F)cc1. The van der Waals surface area contributed by atoms with Crippen molar-refractivity contribution in [3.8, 4) is 0 Å². The molecule has 0 aliphatic carbocycles. The smallest absolute Gasteiger partial charge is 0.243 e. The Labute approximate surface area is 175 Å².